The first-order valence-corrected chi connectivity index (χ1v) is 5.71. The van der Waals surface area contributed by atoms with E-state index in [1.165, 1.54) is 0 Å². The second-order valence-corrected chi connectivity index (χ2v) is 4.61. The summed E-state index contributed by atoms with van der Waals surface area (Å²) < 4.78 is 10.5. The molecular weight excluding hydrogens is 208 g/mol. The highest BCUT2D eigenvalue weighted by molar-refractivity contribution is 5.74. The molecule has 16 heavy (non-hydrogen) atoms. The van der Waals surface area contributed by atoms with Crippen molar-refractivity contribution in [2.75, 3.05) is 40.0 Å². The Balaban J connectivity index is 2.25. The monoisotopic (exact) mass is 230 g/mol. The average molecular weight is 230 g/mol. The van der Waals surface area contributed by atoms with Crippen LogP contribution in [0.1, 0.15) is 20.3 Å². The Bertz CT molecular complexity index is 231. The lowest BCUT2D eigenvalue weighted by Crippen LogP contribution is -2.53. The fourth-order valence-corrected chi connectivity index (χ4v) is 1.71. The van der Waals surface area contributed by atoms with E-state index >= 15 is 0 Å². The molecule has 1 aliphatic heterocycles. The van der Waals surface area contributed by atoms with Gasteiger partial charge in [0.15, 0.2) is 0 Å². The van der Waals surface area contributed by atoms with Crippen LogP contribution in [0.5, 0.6) is 0 Å². The number of carbonyl (C=O) groups excluding carboxylic acids is 1. The number of urea groups is 1. The Kier molecular flexibility index (Phi) is 5.02. The van der Waals surface area contributed by atoms with Gasteiger partial charge in [-0.3, -0.25) is 0 Å². The molecule has 0 aromatic heterocycles. The summed E-state index contributed by atoms with van der Waals surface area (Å²) in [6, 6.07) is -0.00696. The number of hydrogen-bond acceptors (Lipinski definition) is 3. The summed E-state index contributed by atoms with van der Waals surface area (Å²) in [4.78, 5) is 13.6. The first-order chi connectivity index (χ1) is 7.55. The molecule has 1 N–H and O–H groups in total. The van der Waals surface area contributed by atoms with Crippen molar-refractivity contribution in [3.8, 4) is 0 Å². The number of morpholine rings is 1. The number of nitrogens with zero attached hydrogens (tertiary/aromatic N) is 1. The molecule has 0 bridgehead atoms. The van der Waals surface area contributed by atoms with E-state index in [1.54, 1.807) is 12.0 Å². The van der Waals surface area contributed by atoms with Crippen molar-refractivity contribution < 1.29 is 14.3 Å². The van der Waals surface area contributed by atoms with Crippen molar-refractivity contribution in [1.82, 2.24) is 10.2 Å². The van der Waals surface area contributed by atoms with Gasteiger partial charge in [-0.15, -0.1) is 0 Å². The lowest BCUT2D eigenvalue weighted by Gasteiger charge is -2.38. The third kappa shape index (κ3) is 4.37. The summed E-state index contributed by atoms with van der Waals surface area (Å²) in [6.45, 7) is 7.25. The van der Waals surface area contributed by atoms with Crippen molar-refractivity contribution in [2.24, 2.45) is 0 Å². The number of methoxy groups -OCH3 is 1. The van der Waals surface area contributed by atoms with Gasteiger partial charge in [-0.2, -0.15) is 0 Å². The summed E-state index contributed by atoms with van der Waals surface area (Å²) in [6.07, 6.45) is 0.843. The number of rotatable bonds is 4. The fraction of sp³-hybridized carbons (Fsp3) is 0.909. The minimum absolute atomic E-state index is 0.00696. The van der Waals surface area contributed by atoms with Crippen LogP contribution in [0.2, 0.25) is 0 Å². The molecule has 0 aromatic rings. The van der Waals surface area contributed by atoms with E-state index in [-0.39, 0.29) is 11.6 Å². The predicted octanol–water partition coefficient (Wildman–Crippen LogP) is 0.843. The lowest BCUT2D eigenvalue weighted by atomic mass is 10.1. The normalized spacial score (nSPS) is 19.6. The molecular formula is C11H22N2O3. The zero-order valence-corrected chi connectivity index (χ0v) is 10.4. The fourth-order valence-electron chi connectivity index (χ4n) is 1.71. The Labute approximate surface area is 97.1 Å². The molecule has 5 heteroatoms. The minimum atomic E-state index is -0.234. The van der Waals surface area contributed by atoms with Crippen LogP contribution in [0.25, 0.3) is 0 Å². The summed E-state index contributed by atoms with van der Waals surface area (Å²) in [7, 11) is 1.66. The molecule has 1 rings (SSSR count). The van der Waals surface area contributed by atoms with Crippen LogP contribution in [0.15, 0.2) is 0 Å². The summed E-state index contributed by atoms with van der Waals surface area (Å²) >= 11 is 0. The van der Waals surface area contributed by atoms with Crippen LogP contribution in [-0.4, -0.2) is 56.5 Å². The average Bonchev–Trinajstić information content (AvgIpc) is 2.22. The van der Waals surface area contributed by atoms with Gasteiger partial charge in [0.2, 0.25) is 0 Å². The standard InChI is InChI=1S/C11H22N2O3/c1-11(2)9-13(6-8-16-11)10(14)12-5-4-7-15-3/h4-9H2,1-3H3,(H,12,14). The topological polar surface area (TPSA) is 50.8 Å². The summed E-state index contributed by atoms with van der Waals surface area (Å²) in [5.74, 6) is 0. The number of hydrogen-bond donors (Lipinski definition) is 1. The van der Waals surface area contributed by atoms with Gasteiger partial charge < -0.3 is 19.7 Å². The molecule has 0 radical (unpaired) electrons. The molecule has 0 saturated carbocycles. The molecule has 0 spiro atoms. The second kappa shape index (κ2) is 6.06. The van der Waals surface area contributed by atoms with Crippen LogP contribution in [0.3, 0.4) is 0 Å². The van der Waals surface area contributed by atoms with Crippen LogP contribution >= 0.6 is 0 Å². The third-order valence-electron chi connectivity index (χ3n) is 2.51. The molecule has 0 aliphatic carbocycles. The van der Waals surface area contributed by atoms with Gasteiger partial charge in [0.05, 0.1) is 18.8 Å². The second-order valence-electron chi connectivity index (χ2n) is 4.61. The predicted molar refractivity (Wildman–Crippen MR) is 61.5 cm³/mol. The maximum absolute atomic E-state index is 11.8. The Morgan fingerprint density at radius 1 is 1.56 bits per heavy atom. The van der Waals surface area contributed by atoms with Crippen molar-refractivity contribution in [3.05, 3.63) is 0 Å². The largest absolute Gasteiger partial charge is 0.385 e. The maximum atomic E-state index is 11.8. The van der Waals surface area contributed by atoms with Gasteiger partial charge in [-0.25, -0.2) is 4.79 Å². The number of ether oxygens (including phenoxy) is 2. The van der Waals surface area contributed by atoms with E-state index in [1.807, 2.05) is 13.8 Å². The SMILES string of the molecule is COCCCNC(=O)N1CCOC(C)(C)C1. The molecule has 1 fully saturated rings. The van der Waals surface area contributed by atoms with Crippen LogP contribution in [-0.2, 0) is 9.47 Å². The molecule has 1 heterocycles. The highest BCUT2D eigenvalue weighted by atomic mass is 16.5. The van der Waals surface area contributed by atoms with Gasteiger partial charge in [0.1, 0.15) is 0 Å². The van der Waals surface area contributed by atoms with Gasteiger partial charge in [-0.1, -0.05) is 0 Å². The van der Waals surface area contributed by atoms with E-state index in [4.69, 9.17) is 9.47 Å². The Hall–Kier alpha value is -0.810. The molecule has 1 aliphatic rings. The Morgan fingerprint density at radius 3 is 2.94 bits per heavy atom. The molecule has 1 saturated heterocycles. The first kappa shape index (κ1) is 13.3. The van der Waals surface area contributed by atoms with Gasteiger partial charge in [0.25, 0.3) is 0 Å². The number of amides is 2. The zero-order valence-electron chi connectivity index (χ0n) is 10.4. The van der Waals surface area contributed by atoms with Crippen molar-refractivity contribution in [2.45, 2.75) is 25.9 Å². The highest BCUT2D eigenvalue weighted by Gasteiger charge is 2.29. The molecule has 5 nitrogen and oxygen atoms in total. The van der Waals surface area contributed by atoms with E-state index in [0.29, 0.717) is 32.8 Å². The molecule has 0 unspecified atom stereocenters. The zero-order chi connectivity index (χ0) is 12.0. The smallest absolute Gasteiger partial charge is 0.317 e. The van der Waals surface area contributed by atoms with E-state index in [2.05, 4.69) is 5.32 Å². The van der Waals surface area contributed by atoms with Gasteiger partial charge in [0, 0.05) is 26.8 Å². The molecule has 2 amide bonds. The Morgan fingerprint density at radius 2 is 2.31 bits per heavy atom. The van der Waals surface area contributed by atoms with Crippen molar-refractivity contribution in [3.63, 3.8) is 0 Å². The summed E-state index contributed by atoms with van der Waals surface area (Å²) in [5.41, 5.74) is -0.234. The number of nitrogens with one attached hydrogen (secondary N) is 1. The van der Waals surface area contributed by atoms with E-state index < -0.39 is 0 Å². The quantitative estimate of drug-likeness (QED) is 0.728. The van der Waals surface area contributed by atoms with Crippen LogP contribution in [0.4, 0.5) is 4.79 Å². The maximum Gasteiger partial charge on any atom is 0.317 e. The lowest BCUT2D eigenvalue weighted by molar-refractivity contribution is -0.0733. The van der Waals surface area contributed by atoms with Crippen LogP contribution in [0, 0.1) is 0 Å². The van der Waals surface area contributed by atoms with E-state index in [9.17, 15) is 4.79 Å². The molecule has 0 atom stereocenters. The minimum Gasteiger partial charge on any atom is -0.385 e. The van der Waals surface area contributed by atoms with Gasteiger partial charge >= 0.3 is 6.03 Å². The van der Waals surface area contributed by atoms with Crippen molar-refractivity contribution in [1.29, 1.82) is 0 Å². The van der Waals surface area contributed by atoms with Crippen molar-refractivity contribution >= 4 is 6.03 Å². The molecule has 0 aromatic carbocycles. The third-order valence-corrected chi connectivity index (χ3v) is 2.51. The first-order valence-electron chi connectivity index (χ1n) is 5.71. The number of carbonyl (C=O) groups is 1. The van der Waals surface area contributed by atoms with Gasteiger partial charge in [-0.05, 0) is 20.3 Å². The van der Waals surface area contributed by atoms with Crippen LogP contribution < -0.4 is 5.32 Å². The summed E-state index contributed by atoms with van der Waals surface area (Å²) in [5, 5.41) is 2.88. The van der Waals surface area contributed by atoms with E-state index in [0.717, 1.165) is 6.42 Å². The highest BCUT2D eigenvalue weighted by Crippen LogP contribution is 2.16. The molecule has 94 valence electrons.